The molecule has 1 N–H and O–H groups in total. The summed E-state index contributed by atoms with van der Waals surface area (Å²) < 4.78 is 0.388. The topological polar surface area (TPSA) is 83.7 Å². The van der Waals surface area contributed by atoms with Gasteiger partial charge in [0.25, 0.3) is 11.6 Å². The van der Waals surface area contributed by atoms with Crippen molar-refractivity contribution in [1.82, 2.24) is 0 Å². The number of amides is 1. The molecule has 3 rings (SSSR count). The molecule has 0 unspecified atom stereocenters. The fraction of sp³-hybridized carbons (Fsp3) is 0. The molecule has 6 nitrogen and oxygen atoms in total. The lowest BCUT2D eigenvalue weighted by atomic mass is 10.2. The molecular weight excluding hydrogens is 348 g/mol. The van der Waals surface area contributed by atoms with Gasteiger partial charge < -0.3 is 5.11 Å². The number of thiocarbonyl (C=S) groups is 1. The van der Waals surface area contributed by atoms with Crippen molar-refractivity contribution in [2.75, 3.05) is 4.90 Å². The molecule has 0 aliphatic carbocycles. The number of nitro groups is 1. The van der Waals surface area contributed by atoms with E-state index < -0.39 is 4.92 Å². The zero-order valence-electron chi connectivity index (χ0n) is 12.1. The van der Waals surface area contributed by atoms with Gasteiger partial charge in [0.05, 0.1) is 15.5 Å². The quantitative estimate of drug-likeness (QED) is 0.390. The number of thioether (sulfide) groups is 1. The summed E-state index contributed by atoms with van der Waals surface area (Å²) in [6.07, 6.45) is 1.64. The molecule has 1 amide bonds. The maximum Gasteiger partial charge on any atom is 0.270 e. The molecule has 1 heterocycles. The third-order valence-corrected chi connectivity index (χ3v) is 4.61. The zero-order chi connectivity index (χ0) is 17.3. The Bertz CT molecular complexity index is 861. The van der Waals surface area contributed by atoms with E-state index in [9.17, 15) is 20.0 Å². The molecule has 2 aromatic rings. The molecule has 1 saturated heterocycles. The van der Waals surface area contributed by atoms with Crippen LogP contribution in [-0.4, -0.2) is 20.3 Å². The van der Waals surface area contributed by atoms with Crippen LogP contribution in [-0.2, 0) is 4.79 Å². The van der Waals surface area contributed by atoms with Gasteiger partial charge in [0, 0.05) is 12.1 Å². The van der Waals surface area contributed by atoms with Gasteiger partial charge in [-0.3, -0.25) is 19.8 Å². The van der Waals surface area contributed by atoms with Crippen molar-refractivity contribution in [2.24, 2.45) is 0 Å². The smallest absolute Gasteiger partial charge is 0.270 e. The Morgan fingerprint density at radius 3 is 2.33 bits per heavy atom. The molecule has 8 heteroatoms. The molecule has 0 aromatic heterocycles. The number of non-ortho nitro benzene ring substituents is 1. The lowest BCUT2D eigenvalue weighted by Crippen LogP contribution is -2.27. The van der Waals surface area contributed by atoms with Gasteiger partial charge in [-0.1, -0.05) is 24.0 Å². The Morgan fingerprint density at radius 1 is 1.12 bits per heavy atom. The predicted molar refractivity (Wildman–Crippen MR) is 96.9 cm³/mol. The molecule has 1 aliphatic rings. The highest BCUT2D eigenvalue weighted by molar-refractivity contribution is 8.27. The monoisotopic (exact) mass is 358 g/mol. The Morgan fingerprint density at radius 2 is 1.75 bits per heavy atom. The average Bonchev–Trinajstić information content (AvgIpc) is 2.83. The number of hydrogen-bond donors (Lipinski definition) is 1. The van der Waals surface area contributed by atoms with Crippen LogP contribution in [0.2, 0.25) is 0 Å². The van der Waals surface area contributed by atoms with Crippen LogP contribution in [0, 0.1) is 10.1 Å². The van der Waals surface area contributed by atoms with Gasteiger partial charge in [0.15, 0.2) is 4.32 Å². The number of carbonyl (C=O) groups is 1. The van der Waals surface area contributed by atoms with E-state index in [-0.39, 0.29) is 17.3 Å². The standard InChI is InChI=1S/C16H10N2O4S2/c19-13-7-5-11(6-8-13)17-15(20)14(24-16(17)23)9-10-1-3-12(4-2-10)18(21)22/h1-9,19H/b14-9+. The Hall–Kier alpha value is -2.71. The number of nitrogens with zero attached hydrogens (tertiary/aromatic N) is 2. The van der Waals surface area contributed by atoms with Crippen LogP contribution in [0.3, 0.4) is 0 Å². The van der Waals surface area contributed by atoms with E-state index in [1.807, 2.05) is 0 Å². The van der Waals surface area contributed by atoms with Gasteiger partial charge in [-0.2, -0.15) is 0 Å². The van der Waals surface area contributed by atoms with Gasteiger partial charge >= 0.3 is 0 Å². The summed E-state index contributed by atoms with van der Waals surface area (Å²) in [5, 5.41) is 20.0. The largest absolute Gasteiger partial charge is 0.508 e. The van der Waals surface area contributed by atoms with Gasteiger partial charge in [0.1, 0.15) is 5.75 Å². The number of benzene rings is 2. The summed E-state index contributed by atoms with van der Waals surface area (Å²) in [7, 11) is 0. The van der Waals surface area contributed by atoms with Crippen LogP contribution in [0.5, 0.6) is 5.75 Å². The third-order valence-electron chi connectivity index (χ3n) is 3.30. The molecule has 120 valence electrons. The maximum absolute atomic E-state index is 12.6. The van der Waals surface area contributed by atoms with Gasteiger partial charge in [-0.25, -0.2) is 0 Å². The summed E-state index contributed by atoms with van der Waals surface area (Å²) >= 11 is 6.41. The number of nitro benzene ring substituents is 1. The second-order valence-corrected chi connectivity index (χ2v) is 6.56. The highest BCUT2D eigenvalue weighted by Gasteiger charge is 2.33. The van der Waals surface area contributed by atoms with E-state index in [0.717, 1.165) is 11.8 Å². The minimum Gasteiger partial charge on any atom is -0.508 e. The highest BCUT2D eigenvalue weighted by Crippen LogP contribution is 2.36. The van der Waals surface area contributed by atoms with Crippen LogP contribution in [0.1, 0.15) is 5.56 Å². The van der Waals surface area contributed by atoms with E-state index in [4.69, 9.17) is 12.2 Å². The van der Waals surface area contributed by atoms with Crippen molar-refractivity contribution < 1.29 is 14.8 Å². The molecular formula is C16H10N2O4S2. The van der Waals surface area contributed by atoms with E-state index in [2.05, 4.69) is 0 Å². The normalized spacial score (nSPS) is 16.0. The molecule has 1 fully saturated rings. The first-order chi connectivity index (χ1) is 11.5. The van der Waals surface area contributed by atoms with Crippen LogP contribution in [0.4, 0.5) is 11.4 Å². The van der Waals surface area contributed by atoms with E-state index in [0.29, 0.717) is 20.5 Å². The fourth-order valence-electron chi connectivity index (χ4n) is 2.14. The number of phenolic OH excluding ortho intramolecular Hbond substituents is 1. The first-order valence-electron chi connectivity index (χ1n) is 6.77. The van der Waals surface area contributed by atoms with Crippen molar-refractivity contribution in [3.63, 3.8) is 0 Å². The average molecular weight is 358 g/mol. The van der Waals surface area contributed by atoms with Gasteiger partial charge in [-0.15, -0.1) is 0 Å². The minimum absolute atomic E-state index is 0.0104. The van der Waals surface area contributed by atoms with Crippen molar-refractivity contribution in [2.45, 2.75) is 0 Å². The summed E-state index contributed by atoms with van der Waals surface area (Å²) in [6.45, 7) is 0. The molecule has 2 aromatic carbocycles. The number of anilines is 1. The lowest BCUT2D eigenvalue weighted by molar-refractivity contribution is -0.384. The minimum atomic E-state index is -0.478. The van der Waals surface area contributed by atoms with Crippen molar-refractivity contribution >= 4 is 51.7 Å². The molecule has 0 radical (unpaired) electrons. The van der Waals surface area contributed by atoms with Gasteiger partial charge in [0.2, 0.25) is 0 Å². The van der Waals surface area contributed by atoms with Crippen LogP contribution in [0.25, 0.3) is 6.08 Å². The first kappa shape index (κ1) is 16.2. The first-order valence-corrected chi connectivity index (χ1v) is 7.99. The molecule has 0 bridgehead atoms. The predicted octanol–water partition coefficient (Wildman–Crippen LogP) is 3.71. The summed E-state index contributed by atoms with van der Waals surface area (Å²) in [5.41, 5.74) is 1.23. The molecule has 0 atom stereocenters. The number of phenols is 1. The molecule has 1 aliphatic heterocycles. The summed E-state index contributed by atoms with van der Waals surface area (Å²) in [5.74, 6) is -0.167. The SMILES string of the molecule is O=C1/C(=C\c2ccc([N+](=O)[O-])cc2)SC(=S)N1c1ccc(O)cc1. The van der Waals surface area contributed by atoms with Crippen molar-refractivity contribution in [3.05, 3.63) is 69.1 Å². The second-order valence-electron chi connectivity index (χ2n) is 4.88. The van der Waals surface area contributed by atoms with Gasteiger partial charge in [-0.05, 0) is 48.0 Å². The molecule has 0 saturated carbocycles. The number of aromatic hydroxyl groups is 1. The Kier molecular flexibility index (Phi) is 4.32. The molecule has 24 heavy (non-hydrogen) atoms. The van der Waals surface area contributed by atoms with E-state index in [1.54, 1.807) is 30.3 Å². The van der Waals surface area contributed by atoms with Crippen LogP contribution >= 0.6 is 24.0 Å². The highest BCUT2D eigenvalue weighted by atomic mass is 32.2. The summed E-state index contributed by atoms with van der Waals surface area (Å²) in [4.78, 5) is 24.6. The maximum atomic E-state index is 12.6. The van der Waals surface area contributed by atoms with Crippen molar-refractivity contribution in [3.8, 4) is 5.75 Å². The number of carbonyl (C=O) groups excluding carboxylic acids is 1. The van der Waals surface area contributed by atoms with Crippen LogP contribution < -0.4 is 4.90 Å². The lowest BCUT2D eigenvalue weighted by Gasteiger charge is -2.14. The number of rotatable bonds is 3. The zero-order valence-corrected chi connectivity index (χ0v) is 13.7. The van der Waals surface area contributed by atoms with Crippen molar-refractivity contribution in [1.29, 1.82) is 0 Å². The Balaban J connectivity index is 1.87. The Labute approximate surface area is 146 Å². The fourth-order valence-corrected chi connectivity index (χ4v) is 3.43. The second kappa shape index (κ2) is 6.42. The molecule has 0 spiro atoms. The van der Waals surface area contributed by atoms with E-state index in [1.165, 1.54) is 29.2 Å². The summed E-state index contributed by atoms with van der Waals surface area (Å²) in [6, 6.07) is 12.1. The van der Waals surface area contributed by atoms with E-state index >= 15 is 0 Å². The van der Waals surface area contributed by atoms with Crippen LogP contribution in [0.15, 0.2) is 53.4 Å². The third kappa shape index (κ3) is 3.15. The number of hydrogen-bond acceptors (Lipinski definition) is 6.